The third-order valence-corrected chi connectivity index (χ3v) is 5.13. The molecule has 0 fully saturated rings. The highest BCUT2D eigenvalue weighted by atomic mass is 79.9. The molecule has 0 aliphatic carbocycles. The molecule has 2 aromatic carbocycles. The molecule has 2 aromatic rings. The normalized spacial score (nSPS) is 11.4. The molecular weight excluding hydrogens is 406 g/mol. The Kier molecular flexibility index (Phi) is 5.14. The van der Waals surface area contributed by atoms with Gasteiger partial charge in [0.05, 0.1) is 14.4 Å². The van der Waals surface area contributed by atoms with Crippen LogP contribution in [-0.2, 0) is 15.7 Å². The highest BCUT2D eigenvalue weighted by Gasteiger charge is 2.13. The Morgan fingerprint density at radius 3 is 2.57 bits per heavy atom. The fourth-order valence-corrected chi connectivity index (χ4v) is 3.02. The molecule has 0 atom stereocenters. The Balaban J connectivity index is 2.19. The Bertz CT molecular complexity index is 781. The first kappa shape index (κ1) is 16.5. The summed E-state index contributed by atoms with van der Waals surface area (Å²) in [6.45, 7) is 0.0744. The first-order valence-corrected chi connectivity index (χ1v) is 9.07. The van der Waals surface area contributed by atoms with Crippen molar-refractivity contribution in [3.63, 3.8) is 0 Å². The Labute approximate surface area is 139 Å². The van der Waals surface area contributed by atoms with Crippen molar-refractivity contribution in [2.45, 2.75) is 11.5 Å². The zero-order valence-electron chi connectivity index (χ0n) is 10.3. The fourth-order valence-electron chi connectivity index (χ4n) is 1.57. The van der Waals surface area contributed by atoms with Crippen LogP contribution in [0.15, 0.2) is 45.8 Å². The summed E-state index contributed by atoms with van der Waals surface area (Å²) in [5.74, 6) is -0.123. The van der Waals surface area contributed by atoms with E-state index < -0.39 is 14.9 Å². The molecule has 21 heavy (non-hydrogen) atoms. The van der Waals surface area contributed by atoms with Crippen molar-refractivity contribution in [2.24, 2.45) is 0 Å². The number of hydrogen-bond acceptors (Lipinski definition) is 3. The quantitative estimate of drug-likeness (QED) is 0.679. The molecule has 0 saturated carbocycles. The van der Waals surface area contributed by atoms with Crippen molar-refractivity contribution in [3.05, 3.63) is 57.3 Å². The maximum atomic E-state index is 13.4. The van der Waals surface area contributed by atoms with Gasteiger partial charge in [-0.25, -0.2) is 12.8 Å². The van der Waals surface area contributed by atoms with Gasteiger partial charge in [0, 0.05) is 16.2 Å². The summed E-state index contributed by atoms with van der Waals surface area (Å²) < 4.78 is 41.5. The van der Waals surface area contributed by atoms with E-state index in [-0.39, 0.29) is 22.3 Å². The second-order valence-electron chi connectivity index (χ2n) is 4.03. The summed E-state index contributed by atoms with van der Waals surface area (Å²) in [4.78, 5) is -0.117. The molecule has 3 nitrogen and oxygen atoms in total. The van der Waals surface area contributed by atoms with Gasteiger partial charge >= 0.3 is 0 Å². The van der Waals surface area contributed by atoms with Gasteiger partial charge in [-0.15, -0.1) is 0 Å². The van der Waals surface area contributed by atoms with Crippen LogP contribution in [0.1, 0.15) is 5.56 Å². The zero-order valence-corrected chi connectivity index (χ0v) is 14.2. The minimum absolute atomic E-state index is 0.0744. The molecule has 0 aromatic heterocycles. The lowest BCUT2D eigenvalue weighted by Gasteiger charge is -2.10. The largest absolute Gasteiger partial charge is 0.487 e. The molecule has 0 spiro atoms. The molecule has 0 aliphatic heterocycles. The van der Waals surface area contributed by atoms with Gasteiger partial charge < -0.3 is 4.74 Å². The Morgan fingerprint density at radius 1 is 1.24 bits per heavy atom. The summed E-state index contributed by atoms with van der Waals surface area (Å²) in [5.41, 5.74) is 0.597. The highest BCUT2D eigenvalue weighted by Crippen LogP contribution is 2.30. The predicted octanol–water partition coefficient (Wildman–Crippen LogP) is 4.75. The van der Waals surface area contributed by atoms with Crippen molar-refractivity contribution in [2.75, 3.05) is 0 Å². The first-order chi connectivity index (χ1) is 9.79. The third kappa shape index (κ3) is 4.10. The van der Waals surface area contributed by atoms with Crippen LogP contribution in [0.2, 0.25) is 5.02 Å². The van der Waals surface area contributed by atoms with Crippen molar-refractivity contribution in [1.82, 2.24) is 0 Å². The number of halogens is 4. The monoisotopic (exact) mass is 412 g/mol. The van der Waals surface area contributed by atoms with E-state index in [0.717, 1.165) is 0 Å². The molecule has 0 bridgehead atoms. The Hall–Kier alpha value is -0.820. The zero-order chi connectivity index (χ0) is 15.6. The lowest BCUT2D eigenvalue weighted by Crippen LogP contribution is -1.99. The summed E-state index contributed by atoms with van der Waals surface area (Å²) in [7, 11) is 1.37. The maximum Gasteiger partial charge on any atom is 0.261 e. The average Bonchev–Trinajstić information content (AvgIpc) is 2.40. The van der Waals surface area contributed by atoms with Crippen LogP contribution in [0.3, 0.4) is 0 Å². The highest BCUT2D eigenvalue weighted by molar-refractivity contribution is 9.10. The van der Waals surface area contributed by atoms with Crippen LogP contribution in [0, 0.1) is 5.82 Å². The van der Waals surface area contributed by atoms with Crippen LogP contribution >= 0.6 is 38.2 Å². The van der Waals surface area contributed by atoms with E-state index >= 15 is 0 Å². The maximum absolute atomic E-state index is 13.4. The van der Waals surface area contributed by atoms with Crippen LogP contribution in [0.4, 0.5) is 4.39 Å². The van der Waals surface area contributed by atoms with Crippen molar-refractivity contribution >= 4 is 47.3 Å². The number of ether oxygens (including phenoxy) is 1. The average molecular weight is 414 g/mol. The van der Waals surface area contributed by atoms with E-state index in [9.17, 15) is 12.8 Å². The minimum atomic E-state index is -3.85. The summed E-state index contributed by atoms with van der Waals surface area (Å²) in [5, 5.41) is 0.101. The molecule has 0 heterocycles. The second-order valence-corrected chi connectivity index (χ2v) is 7.80. The first-order valence-electron chi connectivity index (χ1n) is 5.59. The summed E-state index contributed by atoms with van der Waals surface area (Å²) in [6.07, 6.45) is 0. The van der Waals surface area contributed by atoms with Gasteiger partial charge in [0.25, 0.3) is 9.05 Å². The van der Waals surface area contributed by atoms with E-state index in [4.69, 9.17) is 27.0 Å². The number of rotatable bonds is 4. The fraction of sp³-hybridized carbons (Fsp3) is 0.0769. The predicted molar refractivity (Wildman–Crippen MR) is 82.9 cm³/mol. The van der Waals surface area contributed by atoms with Crippen molar-refractivity contribution in [1.29, 1.82) is 0 Å². The summed E-state index contributed by atoms with van der Waals surface area (Å²) in [6, 6.07) is 8.44. The van der Waals surface area contributed by atoms with E-state index in [2.05, 4.69) is 15.9 Å². The van der Waals surface area contributed by atoms with E-state index in [1.165, 1.54) is 24.3 Å². The van der Waals surface area contributed by atoms with Gasteiger partial charge in [-0.1, -0.05) is 23.7 Å². The topological polar surface area (TPSA) is 43.4 Å². The third-order valence-electron chi connectivity index (χ3n) is 2.60. The van der Waals surface area contributed by atoms with Crippen molar-refractivity contribution in [3.8, 4) is 5.75 Å². The van der Waals surface area contributed by atoms with Gasteiger partial charge in [0.1, 0.15) is 18.2 Å². The van der Waals surface area contributed by atoms with Gasteiger partial charge in [0.15, 0.2) is 0 Å². The van der Waals surface area contributed by atoms with E-state index in [0.29, 0.717) is 10.0 Å². The van der Waals surface area contributed by atoms with Crippen LogP contribution in [0.25, 0.3) is 0 Å². The molecular formula is C13H8BrCl2FO3S. The molecule has 2 rings (SSSR count). The van der Waals surface area contributed by atoms with Gasteiger partial charge in [-0.05, 0) is 40.2 Å². The SMILES string of the molecule is O=S(=O)(Cl)c1ccc(OCc2cccc(F)c2Br)c(Cl)c1. The van der Waals surface area contributed by atoms with Crippen molar-refractivity contribution < 1.29 is 17.5 Å². The lowest BCUT2D eigenvalue weighted by atomic mass is 10.2. The number of hydrogen-bond donors (Lipinski definition) is 0. The molecule has 0 saturated heterocycles. The molecule has 112 valence electrons. The molecule has 8 heteroatoms. The number of benzene rings is 2. The second kappa shape index (κ2) is 6.52. The molecule has 0 unspecified atom stereocenters. The van der Waals surface area contributed by atoms with Gasteiger partial charge in [-0.2, -0.15) is 0 Å². The molecule has 0 amide bonds. The molecule has 0 N–H and O–H groups in total. The van der Waals surface area contributed by atoms with Crippen LogP contribution in [0.5, 0.6) is 5.75 Å². The van der Waals surface area contributed by atoms with E-state index in [1.54, 1.807) is 12.1 Å². The molecule has 0 radical (unpaired) electrons. The van der Waals surface area contributed by atoms with Crippen LogP contribution in [-0.4, -0.2) is 8.42 Å². The Morgan fingerprint density at radius 2 is 1.95 bits per heavy atom. The van der Waals surface area contributed by atoms with Gasteiger partial charge in [0.2, 0.25) is 0 Å². The smallest absolute Gasteiger partial charge is 0.261 e. The van der Waals surface area contributed by atoms with E-state index in [1.807, 2.05) is 0 Å². The standard InChI is InChI=1S/C13H8BrCl2FO3S/c14-13-8(2-1-3-11(13)17)7-20-12-5-4-9(6-10(12)15)21(16,18)19/h1-6H,7H2. The lowest BCUT2D eigenvalue weighted by molar-refractivity contribution is 0.304. The molecule has 0 aliphatic rings. The summed E-state index contributed by atoms with van der Waals surface area (Å²) >= 11 is 9.06. The van der Waals surface area contributed by atoms with Crippen LogP contribution < -0.4 is 4.74 Å². The minimum Gasteiger partial charge on any atom is -0.487 e. The van der Waals surface area contributed by atoms with Gasteiger partial charge in [-0.3, -0.25) is 0 Å².